The van der Waals surface area contributed by atoms with Gasteiger partial charge in [-0.2, -0.15) is 0 Å². The first-order valence-electron chi connectivity index (χ1n) is 4.71. The molecule has 1 amide bonds. The number of amides is 1. The summed E-state index contributed by atoms with van der Waals surface area (Å²) in [5.41, 5.74) is 0. The first-order valence-corrected chi connectivity index (χ1v) is 4.71. The molecule has 1 atom stereocenters. The van der Waals surface area contributed by atoms with Gasteiger partial charge >= 0.3 is 0 Å². The number of hydrogen-bond donors (Lipinski definition) is 2. The van der Waals surface area contributed by atoms with E-state index in [4.69, 9.17) is 9.47 Å². The molecule has 5 heteroatoms. The largest absolute Gasteiger partial charge is 0.383 e. The molecule has 2 N–H and O–H groups in total. The summed E-state index contributed by atoms with van der Waals surface area (Å²) in [6.45, 7) is 4.19. The van der Waals surface area contributed by atoms with Crippen LogP contribution in [-0.4, -0.2) is 52.5 Å². The van der Waals surface area contributed by atoms with Crippen molar-refractivity contribution in [3.63, 3.8) is 0 Å². The summed E-state index contributed by atoms with van der Waals surface area (Å²) in [5.74, 6) is -0.0156. The molecule has 0 aliphatic rings. The summed E-state index contributed by atoms with van der Waals surface area (Å²) in [4.78, 5) is 11.3. The van der Waals surface area contributed by atoms with Crippen molar-refractivity contribution in [1.29, 1.82) is 0 Å². The molecule has 0 radical (unpaired) electrons. The minimum Gasteiger partial charge on any atom is -0.383 e. The fourth-order valence-corrected chi connectivity index (χ4v) is 0.900. The molecule has 0 aliphatic heterocycles. The van der Waals surface area contributed by atoms with E-state index in [-0.39, 0.29) is 11.9 Å². The Bertz CT molecular complexity index is 153. The lowest BCUT2D eigenvalue weighted by Crippen LogP contribution is -2.44. The van der Waals surface area contributed by atoms with E-state index in [9.17, 15) is 4.79 Å². The maximum atomic E-state index is 11.3. The molecule has 0 aromatic heterocycles. The summed E-state index contributed by atoms with van der Waals surface area (Å²) >= 11 is 0. The Morgan fingerprint density at radius 2 is 1.79 bits per heavy atom. The van der Waals surface area contributed by atoms with E-state index in [0.29, 0.717) is 26.3 Å². The van der Waals surface area contributed by atoms with Gasteiger partial charge in [0.1, 0.15) is 0 Å². The van der Waals surface area contributed by atoms with E-state index in [1.165, 1.54) is 0 Å². The van der Waals surface area contributed by atoms with Crippen LogP contribution in [0.1, 0.15) is 6.92 Å². The predicted molar refractivity (Wildman–Crippen MR) is 54.2 cm³/mol. The van der Waals surface area contributed by atoms with Gasteiger partial charge in [0, 0.05) is 27.3 Å². The second kappa shape index (κ2) is 8.93. The average molecular weight is 204 g/mol. The van der Waals surface area contributed by atoms with Gasteiger partial charge in [-0.3, -0.25) is 4.79 Å². The first-order chi connectivity index (χ1) is 6.72. The van der Waals surface area contributed by atoms with Gasteiger partial charge in [-0.1, -0.05) is 0 Å². The van der Waals surface area contributed by atoms with Crippen molar-refractivity contribution in [3.8, 4) is 0 Å². The van der Waals surface area contributed by atoms with Gasteiger partial charge in [-0.25, -0.2) is 0 Å². The molecule has 0 heterocycles. The van der Waals surface area contributed by atoms with Crippen LogP contribution in [0.2, 0.25) is 0 Å². The van der Waals surface area contributed by atoms with Crippen molar-refractivity contribution >= 4 is 5.91 Å². The summed E-state index contributed by atoms with van der Waals surface area (Å²) in [7, 11) is 3.23. The van der Waals surface area contributed by atoms with Crippen LogP contribution < -0.4 is 10.6 Å². The Labute approximate surface area is 85.1 Å². The molecular weight excluding hydrogens is 184 g/mol. The third kappa shape index (κ3) is 6.82. The van der Waals surface area contributed by atoms with Gasteiger partial charge in [0.15, 0.2) is 0 Å². The van der Waals surface area contributed by atoms with Crippen LogP contribution in [-0.2, 0) is 14.3 Å². The maximum absolute atomic E-state index is 11.3. The third-order valence-electron chi connectivity index (χ3n) is 1.76. The molecule has 0 aromatic carbocycles. The highest BCUT2D eigenvalue weighted by Crippen LogP contribution is 1.81. The van der Waals surface area contributed by atoms with Crippen molar-refractivity contribution in [2.45, 2.75) is 13.0 Å². The van der Waals surface area contributed by atoms with E-state index in [1.807, 2.05) is 6.92 Å². The zero-order chi connectivity index (χ0) is 10.8. The topological polar surface area (TPSA) is 59.6 Å². The van der Waals surface area contributed by atoms with Gasteiger partial charge in [0.25, 0.3) is 0 Å². The van der Waals surface area contributed by atoms with E-state index in [2.05, 4.69) is 10.6 Å². The summed E-state index contributed by atoms with van der Waals surface area (Å²) in [6, 6.07) is -0.193. The van der Waals surface area contributed by atoms with Crippen molar-refractivity contribution in [1.82, 2.24) is 10.6 Å². The van der Waals surface area contributed by atoms with E-state index < -0.39 is 0 Å². The molecule has 0 fully saturated rings. The number of nitrogens with one attached hydrogen (secondary N) is 2. The standard InChI is InChI=1S/C9H20N2O3/c1-8(10-4-6-13-2)9(12)11-5-7-14-3/h8,10H,4-7H2,1-3H3,(H,11,12). The van der Waals surface area contributed by atoms with Gasteiger partial charge in [-0.15, -0.1) is 0 Å². The minimum atomic E-state index is -0.193. The lowest BCUT2D eigenvalue weighted by Gasteiger charge is -2.13. The number of carbonyl (C=O) groups excluding carboxylic acids is 1. The lowest BCUT2D eigenvalue weighted by atomic mass is 10.3. The summed E-state index contributed by atoms with van der Waals surface area (Å²) in [5, 5.41) is 5.78. The van der Waals surface area contributed by atoms with Crippen molar-refractivity contribution in [2.24, 2.45) is 0 Å². The highest BCUT2D eigenvalue weighted by molar-refractivity contribution is 5.81. The Kier molecular flexibility index (Phi) is 8.51. The van der Waals surface area contributed by atoms with Crippen LogP contribution in [0.3, 0.4) is 0 Å². The minimum absolute atomic E-state index is 0.0156. The molecule has 84 valence electrons. The fourth-order valence-electron chi connectivity index (χ4n) is 0.900. The highest BCUT2D eigenvalue weighted by Gasteiger charge is 2.10. The lowest BCUT2D eigenvalue weighted by molar-refractivity contribution is -0.122. The second-order valence-corrected chi connectivity index (χ2v) is 2.95. The Morgan fingerprint density at radius 1 is 1.21 bits per heavy atom. The molecular formula is C9H20N2O3. The number of rotatable bonds is 8. The summed E-state index contributed by atoms with van der Waals surface area (Å²) in [6.07, 6.45) is 0. The first kappa shape index (κ1) is 13.4. The van der Waals surface area contributed by atoms with E-state index in [1.54, 1.807) is 14.2 Å². The molecule has 1 unspecified atom stereocenters. The zero-order valence-corrected chi connectivity index (χ0v) is 9.13. The van der Waals surface area contributed by atoms with Crippen LogP contribution in [0, 0.1) is 0 Å². The SMILES string of the molecule is COCCNC(=O)C(C)NCCOC. The maximum Gasteiger partial charge on any atom is 0.236 e. The molecule has 14 heavy (non-hydrogen) atoms. The number of carbonyl (C=O) groups is 1. The van der Waals surface area contributed by atoms with Gasteiger partial charge in [0.2, 0.25) is 5.91 Å². The van der Waals surface area contributed by atoms with Crippen molar-refractivity contribution in [2.75, 3.05) is 40.5 Å². The normalized spacial score (nSPS) is 12.5. The smallest absolute Gasteiger partial charge is 0.236 e. The van der Waals surface area contributed by atoms with E-state index in [0.717, 1.165) is 0 Å². The molecule has 0 saturated heterocycles. The fraction of sp³-hybridized carbons (Fsp3) is 0.889. The van der Waals surface area contributed by atoms with Crippen molar-refractivity contribution in [3.05, 3.63) is 0 Å². The van der Waals surface area contributed by atoms with Gasteiger partial charge < -0.3 is 20.1 Å². The third-order valence-corrected chi connectivity index (χ3v) is 1.76. The van der Waals surface area contributed by atoms with Crippen LogP contribution in [0.5, 0.6) is 0 Å². The number of methoxy groups -OCH3 is 2. The Balaban J connectivity index is 3.44. The Hall–Kier alpha value is -0.650. The molecule has 0 aliphatic carbocycles. The number of ether oxygens (including phenoxy) is 2. The zero-order valence-electron chi connectivity index (χ0n) is 9.13. The van der Waals surface area contributed by atoms with Crippen LogP contribution in [0.25, 0.3) is 0 Å². The molecule has 0 rings (SSSR count). The van der Waals surface area contributed by atoms with E-state index >= 15 is 0 Å². The number of hydrogen-bond acceptors (Lipinski definition) is 4. The quantitative estimate of drug-likeness (QED) is 0.517. The monoisotopic (exact) mass is 204 g/mol. The van der Waals surface area contributed by atoms with Crippen LogP contribution in [0.15, 0.2) is 0 Å². The highest BCUT2D eigenvalue weighted by atomic mass is 16.5. The predicted octanol–water partition coefficient (Wildman–Crippen LogP) is -0.626. The molecule has 5 nitrogen and oxygen atoms in total. The van der Waals surface area contributed by atoms with Crippen molar-refractivity contribution < 1.29 is 14.3 Å². The average Bonchev–Trinajstić information content (AvgIpc) is 2.18. The molecule has 0 aromatic rings. The van der Waals surface area contributed by atoms with Gasteiger partial charge in [0.05, 0.1) is 19.3 Å². The Morgan fingerprint density at radius 3 is 2.36 bits per heavy atom. The molecule has 0 bridgehead atoms. The molecule has 0 saturated carbocycles. The van der Waals surface area contributed by atoms with Crippen LogP contribution in [0.4, 0.5) is 0 Å². The van der Waals surface area contributed by atoms with Crippen LogP contribution >= 0.6 is 0 Å². The molecule has 0 spiro atoms. The van der Waals surface area contributed by atoms with Gasteiger partial charge in [-0.05, 0) is 6.92 Å². The summed E-state index contributed by atoms with van der Waals surface area (Å²) < 4.78 is 9.67. The second-order valence-electron chi connectivity index (χ2n) is 2.95.